The first-order chi connectivity index (χ1) is 14.9. The van der Waals surface area contributed by atoms with Gasteiger partial charge in [-0.25, -0.2) is 5.01 Å². The molecule has 0 atom stereocenters. The van der Waals surface area contributed by atoms with Gasteiger partial charge in [0.25, 0.3) is 0 Å². The van der Waals surface area contributed by atoms with Crippen LogP contribution < -0.4 is 9.64 Å². The van der Waals surface area contributed by atoms with Gasteiger partial charge < -0.3 is 9.64 Å². The summed E-state index contributed by atoms with van der Waals surface area (Å²) >= 11 is 1.28. The van der Waals surface area contributed by atoms with E-state index in [-0.39, 0.29) is 0 Å². The molecule has 2 aromatic carbocycles. The highest BCUT2D eigenvalue weighted by Gasteiger charge is 2.61. The van der Waals surface area contributed by atoms with Crippen LogP contribution in [0.5, 0.6) is 5.75 Å². The Morgan fingerprint density at radius 3 is 2.41 bits per heavy atom. The van der Waals surface area contributed by atoms with Crippen LogP contribution in [0.15, 0.2) is 58.6 Å². The molecule has 0 fully saturated rings. The van der Waals surface area contributed by atoms with Crippen LogP contribution in [-0.4, -0.2) is 42.6 Å². The van der Waals surface area contributed by atoms with Crippen molar-refractivity contribution in [3.63, 3.8) is 0 Å². The number of nitrogens with zero attached hydrogens (tertiary/aromatic N) is 3. The van der Waals surface area contributed by atoms with Gasteiger partial charge in [0.2, 0.25) is 0 Å². The Morgan fingerprint density at radius 1 is 1.03 bits per heavy atom. The molecule has 0 aromatic heterocycles. The lowest BCUT2D eigenvalue weighted by molar-refractivity contribution is -0.360. The van der Waals surface area contributed by atoms with Crippen LogP contribution in [0, 0.1) is 13.8 Å². The Bertz CT molecular complexity index is 996. The second kappa shape index (κ2) is 9.19. The van der Waals surface area contributed by atoms with Crippen molar-refractivity contribution in [1.82, 2.24) is 10.0 Å². The maximum Gasteiger partial charge on any atom is 0.499 e. The number of alkyl halides is 5. The number of aryl methyl sites for hydroxylation is 2. The van der Waals surface area contributed by atoms with Crippen LogP contribution in [0.2, 0.25) is 0 Å². The van der Waals surface area contributed by atoms with Crippen LogP contribution in [0.1, 0.15) is 18.1 Å². The molecule has 4 nitrogen and oxygen atoms in total. The summed E-state index contributed by atoms with van der Waals surface area (Å²) in [7, 11) is 2.01. The minimum atomic E-state index is -5.79. The summed E-state index contributed by atoms with van der Waals surface area (Å²) in [5, 5.41) is 4.19. The third kappa shape index (κ3) is 5.29. The van der Waals surface area contributed by atoms with E-state index in [2.05, 4.69) is 26.6 Å². The van der Waals surface area contributed by atoms with Crippen molar-refractivity contribution in [1.29, 1.82) is 0 Å². The average molecular weight is 474 g/mol. The molecule has 0 N–H and O–H groups in total. The van der Waals surface area contributed by atoms with E-state index in [0.29, 0.717) is 11.6 Å². The van der Waals surface area contributed by atoms with Gasteiger partial charge in [0.1, 0.15) is 12.4 Å². The van der Waals surface area contributed by atoms with E-state index < -0.39 is 18.0 Å². The molecular weight excluding hydrogens is 449 g/mol. The molecule has 0 saturated heterocycles. The maximum atomic E-state index is 13.2. The highest BCUT2D eigenvalue weighted by Crippen LogP contribution is 2.40. The fourth-order valence-electron chi connectivity index (χ4n) is 3.10. The quantitative estimate of drug-likeness (QED) is 0.432. The molecule has 1 aliphatic rings. The molecule has 0 amide bonds. The fourth-order valence-corrected chi connectivity index (χ4v) is 4.13. The summed E-state index contributed by atoms with van der Waals surface area (Å²) in [4.78, 5) is 3.49. The van der Waals surface area contributed by atoms with Crippen molar-refractivity contribution in [2.24, 2.45) is 0 Å². The van der Waals surface area contributed by atoms with Gasteiger partial charge in [-0.2, -0.15) is 22.0 Å². The SMILES string of the molecule is CCN(C)N1C=CN(c2cc(C)c(Sc3cccc(OC(F)(F)C(F)(F)F)c3)cc2C)C1. The van der Waals surface area contributed by atoms with Gasteiger partial charge in [0, 0.05) is 41.5 Å². The summed E-state index contributed by atoms with van der Waals surface area (Å²) in [5.41, 5.74) is 3.01. The molecule has 10 heteroatoms. The molecule has 174 valence electrons. The molecule has 1 heterocycles. The predicted molar refractivity (Wildman–Crippen MR) is 115 cm³/mol. The first kappa shape index (κ1) is 24.2. The van der Waals surface area contributed by atoms with Crippen molar-refractivity contribution < 1.29 is 26.7 Å². The van der Waals surface area contributed by atoms with E-state index in [1.165, 1.54) is 23.9 Å². The average Bonchev–Trinajstić information content (AvgIpc) is 3.19. The number of rotatable bonds is 7. The number of hydrogen-bond donors (Lipinski definition) is 0. The fraction of sp³-hybridized carbons (Fsp3) is 0.364. The van der Waals surface area contributed by atoms with Gasteiger partial charge in [-0.1, -0.05) is 24.8 Å². The monoisotopic (exact) mass is 473 g/mol. The molecule has 2 aromatic rings. The summed E-state index contributed by atoms with van der Waals surface area (Å²) in [6.07, 6.45) is -7.04. The van der Waals surface area contributed by atoms with Crippen molar-refractivity contribution in [2.75, 3.05) is 25.2 Å². The number of halogens is 5. The summed E-state index contributed by atoms with van der Waals surface area (Å²) < 4.78 is 67.6. The Morgan fingerprint density at radius 2 is 1.75 bits per heavy atom. The van der Waals surface area contributed by atoms with Crippen molar-refractivity contribution in [3.8, 4) is 5.75 Å². The van der Waals surface area contributed by atoms with Gasteiger partial charge in [0.05, 0.1) is 0 Å². The third-order valence-corrected chi connectivity index (χ3v) is 6.17. The van der Waals surface area contributed by atoms with E-state index >= 15 is 0 Å². The van der Waals surface area contributed by atoms with Crippen LogP contribution in [-0.2, 0) is 0 Å². The highest BCUT2D eigenvalue weighted by molar-refractivity contribution is 7.99. The second-order valence-electron chi connectivity index (χ2n) is 7.42. The summed E-state index contributed by atoms with van der Waals surface area (Å²) in [5.74, 6) is -0.550. The molecule has 0 spiro atoms. The molecule has 0 unspecified atom stereocenters. The number of anilines is 1. The van der Waals surface area contributed by atoms with Crippen molar-refractivity contribution in [2.45, 2.75) is 42.8 Å². The summed E-state index contributed by atoms with van der Waals surface area (Å²) in [6.45, 7) is 7.54. The minimum absolute atomic E-state index is 0.493. The lowest BCUT2D eigenvalue weighted by Gasteiger charge is -2.29. The Labute approximate surface area is 188 Å². The number of hydrazine groups is 1. The Balaban J connectivity index is 1.77. The van der Waals surface area contributed by atoms with Crippen LogP contribution in [0.3, 0.4) is 0 Å². The topological polar surface area (TPSA) is 19.0 Å². The molecule has 32 heavy (non-hydrogen) atoms. The summed E-state index contributed by atoms with van der Waals surface area (Å²) in [6, 6.07) is 9.28. The van der Waals surface area contributed by atoms with Gasteiger partial charge >= 0.3 is 12.3 Å². The maximum absolute atomic E-state index is 13.2. The number of hydrogen-bond acceptors (Lipinski definition) is 5. The minimum Gasteiger partial charge on any atom is -0.426 e. The van der Waals surface area contributed by atoms with E-state index in [1.807, 2.05) is 45.4 Å². The van der Waals surface area contributed by atoms with E-state index in [9.17, 15) is 22.0 Å². The molecular formula is C22H24F5N3OS. The highest BCUT2D eigenvalue weighted by atomic mass is 32.2. The van der Waals surface area contributed by atoms with Crippen molar-refractivity contribution in [3.05, 3.63) is 59.9 Å². The lowest BCUT2D eigenvalue weighted by atomic mass is 10.1. The zero-order chi connectivity index (χ0) is 23.7. The van der Waals surface area contributed by atoms with Gasteiger partial charge in [-0.15, -0.1) is 0 Å². The van der Waals surface area contributed by atoms with Crippen LogP contribution in [0.25, 0.3) is 0 Å². The molecule has 1 aliphatic heterocycles. The molecule has 0 aliphatic carbocycles. The van der Waals surface area contributed by atoms with Gasteiger partial charge in [-0.05, 0) is 55.3 Å². The molecule has 0 radical (unpaired) electrons. The van der Waals surface area contributed by atoms with Gasteiger partial charge in [-0.3, -0.25) is 5.01 Å². The number of benzene rings is 2. The number of ether oxygens (including phenoxy) is 1. The van der Waals surface area contributed by atoms with Crippen LogP contribution >= 0.6 is 11.8 Å². The van der Waals surface area contributed by atoms with Crippen LogP contribution in [0.4, 0.5) is 27.6 Å². The van der Waals surface area contributed by atoms with E-state index in [1.54, 1.807) is 6.07 Å². The smallest absolute Gasteiger partial charge is 0.426 e. The first-order valence-electron chi connectivity index (χ1n) is 9.86. The third-order valence-electron chi connectivity index (χ3n) is 5.02. The van der Waals surface area contributed by atoms with Crippen molar-refractivity contribution >= 4 is 17.4 Å². The first-order valence-corrected chi connectivity index (χ1v) is 10.7. The Hall–Kier alpha value is -2.46. The largest absolute Gasteiger partial charge is 0.499 e. The lowest BCUT2D eigenvalue weighted by Crippen LogP contribution is -2.41. The zero-order valence-electron chi connectivity index (χ0n) is 18.1. The van der Waals surface area contributed by atoms with Gasteiger partial charge in [0.15, 0.2) is 0 Å². The standard InChI is InChI=1S/C22H24F5N3OS/c1-5-28(4)30-10-9-29(14-30)19-11-16(3)20(12-15(19)2)32-18-8-6-7-17(13-18)31-22(26,27)21(23,24)25/h6-13H,5,14H2,1-4H3. The second-order valence-corrected chi connectivity index (χ2v) is 8.54. The zero-order valence-corrected chi connectivity index (χ0v) is 18.9. The molecule has 0 saturated carbocycles. The molecule has 0 bridgehead atoms. The predicted octanol–water partition coefficient (Wildman–Crippen LogP) is 6.41. The normalized spacial score (nSPS) is 14.6. The van der Waals surface area contributed by atoms with E-state index in [0.717, 1.165) is 34.3 Å². The molecule has 3 rings (SSSR count). The Kier molecular flexibility index (Phi) is 6.94. The van der Waals surface area contributed by atoms with E-state index in [4.69, 9.17) is 0 Å².